The van der Waals surface area contributed by atoms with Crippen molar-refractivity contribution in [3.8, 4) is 22.8 Å². The number of nitrogens with two attached hydrogens (primary N) is 1. The van der Waals surface area contributed by atoms with E-state index >= 15 is 0 Å². The Morgan fingerprint density at radius 2 is 1.90 bits per heavy atom. The molecule has 8 nitrogen and oxygen atoms in total. The molecule has 1 atom stereocenters. The van der Waals surface area contributed by atoms with Crippen LogP contribution in [0.25, 0.3) is 17.1 Å². The Balaban J connectivity index is 2.04. The Morgan fingerprint density at radius 1 is 1.20 bits per heavy atom. The Morgan fingerprint density at radius 3 is 2.53 bits per heavy atom. The lowest BCUT2D eigenvalue weighted by Gasteiger charge is -2.14. The molecule has 3 amide bonds. The third kappa shape index (κ3) is 4.92. The molecule has 1 aromatic heterocycles. The number of thioether (sulfide) groups is 1. The van der Waals surface area contributed by atoms with Crippen molar-refractivity contribution in [1.29, 1.82) is 0 Å². The second-order valence-corrected chi connectivity index (χ2v) is 7.88. The molecule has 0 fully saturated rings. The smallest absolute Gasteiger partial charge is 0.318 e. The van der Waals surface area contributed by atoms with Gasteiger partial charge in [-0.2, -0.15) is 0 Å². The van der Waals surface area contributed by atoms with Crippen molar-refractivity contribution in [2.45, 2.75) is 24.3 Å². The minimum absolute atomic E-state index is 0.459. The van der Waals surface area contributed by atoms with E-state index < -0.39 is 17.2 Å². The minimum atomic E-state index is -0.905. The van der Waals surface area contributed by atoms with Crippen molar-refractivity contribution in [3.05, 3.63) is 53.6 Å². The number of carbonyl (C=O) groups excluding carboxylic acids is 2. The number of imide groups is 1. The van der Waals surface area contributed by atoms with E-state index in [0.29, 0.717) is 28.2 Å². The molecule has 0 aliphatic heterocycles. The number of hydrogen-bond acceptors (Lipinski definition) is 6. The summed E-state index contributed by atoms with van der Waals surface area (Å²) in [5.41, 5.74) is 6.50. The van der Waals surface area contributed by atoms with Crippen LogP contribution < -0.4 is 15.8 Å². The van der Waals surface area contributed by atoms with Gasteiger partial charge in [0, 0.05) is 11.3 Å². The summed E-state index contributed by atoms with van der Waals surface area (Å²) in [7, 11) is 0. The maximum atomic E-state index is 12.1. The number of benzene rings is 2. The Bertz CT molecular complexity index is 1050. The highest BCUT2D eigenvalue weighted by Crippen LogP contribution is 2.33. The molecule has 0 spiro atoms. The fourth-order valence-corrected chi connectivity index (χ4v) is 3.78. The highest BCUT2D eigenvalue weighted by Gasteiger charge is 2.23. The molecule has 156 valence electrons. The van der Waals surface area contributed by atoms with Crippen LogP contribution in [0, 0.1) is 0 Å². The van der Waals surface area contributed by atoms with Gasteiger partial charge in [-0.05, 0) is 50.2 Å². The molecule has 1 unspecified atom stereocenters. The van der Waals surface area contributed by atoms with Crippen LogP contribution in [0.1, 0.15) is 13.8 Å². The zero-order chi connectivity index (χ0) is 21.7. The average Bonchev–Trinajstić information content (AvgIpc) is 3.12. The number of halogens is 1. The number of nitrogens with one attached hydrogen (secondary N) is 1. The third-order valence-electron chi connectivity index (χ3n) is 4.05. The van der Waals surface area contributed by atoms with Crippen LogP contribution in [0.2, 0.25) is 5.02 Å². The molecule has 2 aromatic carbocycles. The topological polar surface area (TPSA) is 112 Å². The van der Waals surface area contributed by atoms with Gasteiger partial charge in [-0.1, -0.05) is 35.5 Å². The van der Waals surface area contributed by atoms with Crippen molar-refractivity contribution in [1.82, 2.24) is 20.1 Å². The van der Waals surface area contributed by atoms with E-state index in [1.807, 2.05) is 49.4 Å². The molecule has 3 aromatic rings. The highest BCUT2D eigenvalue weighted by molar-refractivity contribution is 8.00. The summed E-state index contributed by atoms with van der Waals surface area (Å²) in [5.74, 6) is 0.736. The van der Waals surface area contributed by atoms with Gasteiger partial charge in [-0.15, -0.1) is 10.2 Å². The van der Waals surface area contributed by atoms with E-state index in [1.165, 1.54) is 0 Å². The normalized spacial score (nSPS) is 11.7. The maximum Gasteiger partial charge on any atom is 0.318 e. The summed E-state index contributed by atoms with van der Waals surface area (Å²) in [6, 6.07) is 13.8. The van der Waals surface area contributed by atoms with Gasteiger partial charge >= 0.3 is 6.03 Å². The molecule has 3 N–H and O–H groups in total. The van der Waals surface area contributed by atoms with Crippen molar-refractivity contribution >= 4 is 35.3 Å². The first-order valence-corrected chi connectivity index (χ1v) is 10.4. The molecular weight excluding hydrogens is 426 g/mol. The van der Waals surface area contributed by atoms with Gasteiger partial charge in [0.05, 0.1) is 16.9 Å². The summed E-state index contributed by atoms with van der Waals surface area (Å²) >= 11 is 7.53. The molecule has 10 heteroatoms. The molecule has 0 aliphatic carbocycles. The van der Waals surface area contributed by atoms with Crippen LogP contribution in [0.5, 0.6) is 5.75 Å². The molecule has 30 heavy (non-hydrogen) atoms. The number of amides is 3. The molecule has 3 rings (SSSR count). The first-order valence-electron chi connectivity index (χ1n) is 9.11. The molecule has 0 saturated heterocycles. The van der Waals surface area contributed by atoms with Crippen molar-refractivity contribution in [3.63, 3.8) is 0 Å². The van der Waals surface area contributed by atoms with E-state index in [2.05, 4.69) is 15.5 Å². The Hall–Kier alpha value is -3.04. The number of aromatic nitrogens is 3. The SMILES string of the molecule is CCOc1ccc(-n2c(SC(C)C(=O)NC(N)=O)nnc2-c2ccccc2Cl)cc1. The molecular formula is C20H20ClN5O3S. The van der Waals surface area contributed by atoms with Gasteiger partial charge in [-0.3, -0.25) is 14.7 Å². The number of rotatable bonds is 7. The van der Waals surface area contributed by atoms with Gasteiger partial charge in [-0.25, -0.2) is 4.79 Å². The second kappa shape index (κ2) is 9.64. The van der Waals surface area contributed by atoms with Gasteiger partial charge in [0.15, 0.2) is 11.0 Å². The van der Waals surface area contributed by atoms with Crippen LogP contribution in [0.3, 0.4) is 0 Å². The molecule has 0 saturated carbocycles. The predicted molar refractivity (Wildman–Crippen MR) is 116 cm³/mol. The fourth-order valence-electron chi connectivity index (χ4n) is 2.69. The van der Waals surface area contributed by atoms with Gasteiger partial charge < -0.3 is 10.5 Å². The zero-order valence-electron chi connectivity index (χ0n) is 16.3. The zero-order valence-corrected chi connectivity index (χ0v) is 17.9. The summed E-state index contributed by atoms with van der Waals surface area (Å²) in [6.07, 6.45) is 0. The van der Waals surface area contributed by atoms with E-state index in [1.54, 1.807) is 17.6 Å². The van der Waals surface area contributed by atoms with Gasteiger partial charge in [0.25, 0.3) is 0 Å². The number of hydrogen-bond donors (Lipinski definition) is 2. The van der Waals surface area contributed by atoms with E-state index in [4.69, 9.17) is 22.1 Å². The molecule has 0 radical (unpaired) electrons. The van der Waals surface area contributed by atoms with Crippen LogP contribution in [0.4, 0.5) is 4.79 Å². The first-order chi connectivity index (χ1) is 14.4. The van der Waals surface area contributed by atoms with Crippen molar-refractivity contribution in [2.24, 2.45) is 5.73 Å². The monoisotopic (exact) mass is 445 g/mol. The first kappa shape index (κ1) is 21.7. The predicted octanol–water partition coefficient (Wildman–Crippen LogP) is 3.66. The quantitative estimate of drug-likeness (QED) is 0.536. The highest BCUT2D eigenvalue weighted by atomic mass is 35.5. The standard InChI is InChI=1S/C20H20ClN5O3S/c1-3-29-14-10-8-13(9-11-14)26-17(15-6-4-5-7-16(15)21)24-25-20(26)30-12(2)18(27)23-19(22)28/h4-12H,3H2,1-2H3,(H3,22,23,27,28). The Labute approximate surface area is 182 Å². The van der Waals surface area contributed by atoms with Crippen LogP contribution in [0.15, 0.2) is 53.7 Å². The summed E-state index contributed by atoms with van der Waals surface area (Å²) in [5, 5.41) is 11.0. The summed E-state index contributed by atoms with van der Waals surface area (Å²) < 4.78 is 7.31. The molecule has 1 heterocycles. The minimum Gasteiger partial charge on any atom is -0.494 e. The average molecular weight is 446 g/mol. The van der Waals surface area contributed by atoms with E-state index in [0.717, 1.165) is 23.2 Å². The lowest BCUT2D eigenvalue weighted by Crippen LogP contribution is -2.39. The van der Waals surface area contributed by atoms with Crippen LogP contribution in [-0.2, 0) is 4.79 Å². The van der Waals surface area contributed by atoms with Crippen LogP contribution in [-0.4, -0.2) is 38.6 Å². The van der Waals surface area contributed by atoms with E-state index in [-0.39, 0.29) is 0 Å². The van der Waals surface area contributed by atoms with Crippen LogP contribution >= 0.6 is 23.4 Å². The summed E-state index contributed by atoms with van der Waals surface area (Å²) in [6.45, 7) is 4.12. The Kier molecular flexibility index (Phi) is 6.96. The van der Waals surface area contributed by atoms with Crippen molar-refractivity contribution < 1.29 is 14.3 Å². The number of carbonyl (C=O) groups is 2. The molecule has 0 aliphatic rings. The lowest BCUT2D eigenvalue weighted by molar-refractivity contribution is -0.119. The fraction of sp³-hybridized carbons (Fsp3) is 0.200. The number of ether oxygens (including phenoxy) is 1. The second-order valence-electron chi connectivity index (χ2n) is 6.16. The van der Waals surface area contributed by atoms with Gasteiger partial charge in [0.1, 0.15) is 5.75 Å². The third-order valence-corrected chi connectivity index (χ3v) is 5.42. The summed E-state index contributed by atoms with van der Waals surface area (Å²) in [4.78, 5) is 23.1. The maximum absolute atomic E-state index is 12.1. The van der Waals surface area contributed by atoms with Crippen molar-refractivity contribution in [2.75, 3.05) is 6.61 Å². The molecule has 0 bridgehead atoms. The number of urea groups is 1. The van der Waals surface area contributed by atoms with E-state index in [9.17, 15) is 9.59 Å². The lowest BCUT2D eigenvalue weighted by atomic mass is 10.2. The number of primary amides is 1. The number of nitrogens with zero attached hydrogens (tertiary/aromatic N) is 3. The van der Waals surface area contributed by atoms with Gasteiger partial charge in [0.2, 0.25) is 5.91 Å². The largest absolute Gasteiger partial charge is 0.494 e.